The van der Waals surface area contributed by atoms with Crippen LogP contribution in [0.4, 0.5) is 11.4 Å². The lowest BCUT2D eigenvalue weighted by atomic mass is 10.0. The van der Waals surface area contributed by atoms with Crippen LogP contribution in [0.2, 0.25) is 0 Å². The monoisotopic (exact) mass is 388 g/mol. The van der Waals surface area contributed by atoms with E-state index in [2.05, 4.69) is 15.5 Å². The number of nitrogens with one attached hydrogen (secondary N) is 2. The van der Waals surface area contributed by atoms with Gasteiger partial charge in [0.05, 0.1) is 12.8 Å². The van der Waals surface area contributed by atoms with Crippen molar-refractivity contribution in [3.63, 3.8) is 0 Å². The predicted octanol–water partition coefficient (Wildman–Crippen LogP) is 1.05. The highest BCUT2D eigenvalue weighted by Crippen LogP contribution is 2.23. The number of carbonyl (C=O) groups is 2. The number of anilines is 2. The Bertz CT molecular complexity index is 752. The first-order valence-corrected chi connectivity index (χ1v) is 9.62. The molecule has 4 N–H and O–H groups in total. The summed E-state index contributed by atoms with van der Waals surface area (Å²) in [7, 11) is 0. The lowest BCUT2D eigenvalue weighted by molar-refractivity contribution is -0.120. The maximum atomic E-state index is 12.5. The first-order valence-electron chi connectivity index (χ1n) is 9.62. The number of aliphatic hydroxyl groups is 2. The summed E-state index contributed by atoms with van der Waals surface area (Å²) in [5.41, 5.74) is 1.38. The second-order valence-corrected chi connectivity index (χ2v) is 7.66. The molecule has 2 aliphatic rings. The van der Waals surface area contributed by atoms with E-state index in [0.717, 1.165) is 31.9 Å². The summed E-state index contributed by atoms with van der Waals surface area (Å²) in [6.07, 6.45) is 0.576. The van der Waals surface area contributed by atoms with E-state index in [4.69, 9.17) is 0 Å². The third-order valence-corrected chi connectivity index (χ3v) is 5.12. The summed E-state index contributed by atoms with van der Waals surface area (Å²) in [5, 5.41) is 24.8. The van der Waals surface area contributed by atoms with Crippen molar-refractivity contribution in [1.29, 1.82) is 0 Å². The van der Waals surface area contributed by atoms with Crippen molar-refractivity contribution in [3.8, 4) is 0 Å². The Morgan fingerprint density at radius 3 is 2.43 bits per heavy atom. The van der Waals surface area contributed by atoms with Gasteiger partial charge in [-0.3, -0.25) is 14.5 Å². The van der Waals surface area contributed by atoms with Gasteiger partial charge in [0.1, 0.15) is 11.3 Å². The molecule has 2 aliphatic heterocycles. The van der Waals surface area contributed by atoms with Crippen molar-refractivity contribution < 1.29 is 19.8 Å². The molecule has 152 valence electrons. The van der Waals surface area contributed by atoms with Gasteiger partial charge in [-0.15, -0.1) is 0 Å². The Balaban J connectivity index is 1.63. The minimum atomic E-state index is -0.606. The molecule has 28 heavy (non-hydrogen) atoms. The normalized spacial score (nSPS) is 20.6. The molecule has 1 fully saturated rings. The molecular formula is C20H28N4O4. The molecule has 8 nitrogen and oxygen atoms in total. The van der Waals surface area contributed by atoms with E-state index in [1.807, 2.05) is 30.9 Å². The van der Waals surface area contributed by atoms with Crippen LogP contribution in [0, 0.1) is 5.92 Å². The number of rotatable bonds is 6. The maximum Gasteiger partial charge on any atom is 0.264 e. The second-order valence-electron chi connectivity index (χ2n) is 7.66. The lowest BCUT2D eigenvalue weighted by Crippen LogP contribution is -2.46. The molecule has 2 amide bonds. The second kappa shape index (κ2) is 8.62. The van der Waals surface area contributed by atoms with Crippen LogP contribution in [0.15, 0.2) is 35.6 Å². The molecular weight excluding hydrogens is 360 g/mol. The van der Waals surface area contributed by atoms with E-state index in [1.165, 1.54) is 0 Å². The maximum absolute atomic E-state index is 12.5. The summed E-state index contributed by atoms with van der Waals surface area (Å²) in [5.74, 6) is -1.05. The Kier molecular flexibility index (Phi) is 6.21. The number of carbonyl (C=O) groups excluding carboxylic acids is 2. The van der Waals surface area contributed by atoms with E-state index >= 15 is 0 Å². The van der Waals surface area contributed by atoms with E-state index < -0.39 is 17.9 Å². The van der Waals surface area contributed by atoms with Crippen molar-refractivity contribution >= 4 is 23.2 Å². The zero-order chi connectivity index (χ0) is 20.3. The van der Waals surface area contributed by atoms with Crippen molar-refractivity contribution in [2.75, 3.05) is 43.1 Å². The van der Waals surface area contributed by atoms with Gasteiger partial charge in [0.15, 0.2) is 0 Å². The van der Waals surface area contributed by atoms with Crippen LogP contribution in [0.25, 0.3) is 0 Å². The van der Waals surface area contributed by atoms with Gasteiger partial charge in [-0.2, -0.15) is 0 Å². The zero-order valence-corrected chi connectivity index (χ0v) is 16.3. The van der Waals surface area contributed by atoms with Crippen LogP contribution in [-0.4, -0.2) is 65.9 Å². The molecule has 3 rings (SSSR count). The number of benzene rings is 1. The summed E-state index contributed by atoms with van der Waals surface area (Å²) in [4.78, 5) is 28.8. The molecule has 0 aromatic heterocycles. The molecule has 1 saturated heterocycles. The van der Waals surface area contributed by atoms with Crippen LogP contribution in [-0.2, 0) is 9.59 Å². The van der Waals surface area contributed by atoms with Gasteiger partial charge in [-0.05, 0) is 36.6 Å². The molecule has 0 bridgehead atoms. The number of piperazine rings is 1. The summed E-state index contributed by atoms with van der Waals surface area (Å²) < 4.78 is 0. The van der Waals surface area contributed by atoms with Gasteiger partial charge < -0.3 is 25.7 Å². The fraction of sp³-hybridized carbons (Fsp3) is 0.500. The topological polar surface area (TPSA) is 105 Å². The summed E-state index contributed by atoms with van der Waals surface area (Å²) >= 11 is 0. The van der Waals surface area contributed by atoms with Crippen molar-refractivity contribution in [2.45, 2.75) is 26.3 Å². The average molecular weight is 388 g/mol. The average Bonchev–Trinajstić information content (AvgIpc) is 2.95. The van der Waals surface area contributed by atoms with E-state index in [-0.39, 0.29) is 24.0 Å². The number of nitrogens with zero attached hydrogens (tertiary/aromatic N) is 2. The Morgan fingerprint density at radius 1 is 1.21 bits per heavy atom. The molecule has 1 unspecified atom stereocenters. The van der Waals surface area contributed by atoms with Crippen molar-refractivity contribution in [2.24, 2.45) is 5.92 Å². The van der Waals surface area contributed by atoms with Gasteiger partial charge in [-0.1, -0.05) is 13.8 Å². The van der Waals surface area contributed by atoms with E-state index in [1.54, 1.807) is 12.1 Å². The molecule has 8 heteroatoms. The fourth-order valence-electron chi connectivity index (χ4n) is 3.55. The number of hydrogen-bond donors (Lipinski definition) is 4. The standard InChI is InChI=1S/C20H28N4O4/c1-13(2)11-16-18(26)17(20(28)22-16)19(27)21-14-3-5-15(6-4-14)24-9-7-23(12-25)8-10-24/h3-6,13,16,25-26H,7-12H2,1-2H3,(H,21,27)(H,22,28). The van der Waals surface area contributed by atoms with Crippen molar-refractivity contribution in [1.82, 2.24) is 10.2 Å². The van der Waals surface area contributed by atoms with E-state index in [9.17, 15) is 19.8 Å². The van der Waals surface area contributed by atoms with Crippen LogP contribution in [0.1, 0.15) is 20.3 Å². The molecule has 0 spiro atoms. The highest BCUT2D eigenvalue weighted by atomic mass is 16.3. The molecule has 1 aromatic rings. The number of aliphatic hydroxyl groups excluding tert-OH is 2. The SMILES string of the molecule is CC(C)CC1NC(=O)C(C(=O)Nc2ccc(N3CCN(CO)CC3)cc2)=C1O. The van der Waals surface area contributed by atoms with Crippen LogP contribution in [0.3, 0.4) is 0 Å². The first kappa shape index (κ1) is 20.2. The molecule has 1 aromatic carbocycles. The van der Waals surface area contributed by atoms with Crippen LogP contribution >= 0.6 is 0 Å². The van der Waals surface area contributed by atoms with Gasteiger partial charge >= 0.3 is 0 Å². The number of amides is 2. The molecule has 0 saturated carbocycles. The highest BCUT2D eigenvalue weighted by molar-refractivity contribution is 6.24. The lowest BCUT2D eigenvalue weighted by Gasteiger charge is -2.35. The van der Waals surface area contributed by atoms with Crippen LogP contribution < -0.4 is 15.5 Å². The highest BCUT2D eigenvalue weighted by Gasteiger charge is 2.36. The predicted molar refractivity (Wildman–Crippen MR) is 107 cm³/mol. The fourth-order valence-corrected chi connectivity index (χ4v) is 3.55. The minimum Gasteiger partial charge on any atom is -0.509 e. The van der Waals surface area contributed by atoms with Gasteiger partial charge in [0.25, 0.3) is 11.8 Å². The Labute approximate surface area is 164 Å². The van der Waals surface area contributed by atoms with Gasteiger partial charge in [-0.25, -0.2) is 0 Å². The van der Waals surface area contributed by atoms with Gasteiger partial charge in [0.2, 0.25) is 0 Å². The van der Waals surface area contributed by atoms with E-state index in [0.29, 0.717) is 12.1 Å². The molecule has 1 atom stereocenters. The largest absolute Gasteiger partial charge is 0.509 e. The quantitative estimate of drug-likeness (QED) is 0.543. The van der Waals surface area contributed by atoms with Crippen molar-refractivity contribution in [3.05, 3.63) is 35.6 Å². The zero-order valence-electron chi connectivity index (χ0n) is 16.3. The smallest absolute Gasteiger partial charge is 0.264 e. The van der Waals surface area contributed by atoms with Gasteiger partial charge in [0, 0.05) is 37.6 Å². The summed E-state index contributed by atoms with van der Waals surface area (Å²) in [6, 6.07) is 6.88. The Hall–Kier alpha value is -2.58. The molecule has 0 radical (unpaired) electrons. The summed E-state index contributed by atoms with van der Waals surface area (Å²) in [6.45, 7) is 7.30. The Morgan fingerprint density at radius 2 is 1.86 bits per heavy atom. The third-order valence-electron chi connectivity index (χ3n) is 5.12. The third kappa shape index (κ3) is 4.45. The first-order chi connectivity index (χ1) is 13.4. The minimum absolute atomic E-state index is 0.0765. The van der Waals surface area contributed by atoms with Crippen LogP contribution in [0.5, 0.6) is 0 Å². The molecule has 2 heterocycles. The number of hydrogen-bond acceptors (Lipinski definition) is 6. The molecule has 0 aliphatic carbocycles.